The van der Waals surface area contributed by atoms with E-state index in [1.807, 2.05) is 80.4 Å². The van der Waals surface area contributed by atoms with Crippen molar-refractivity contribution >= 4 is 69.8 Å². The molecular formula is C35H42N6O4S2Si. The van der Waals surface area contributed by atoms with Crippen LogP contribution >= 0.6 is 22.7 Å². The Bertz CT molecular complexity index is 1960. The predicted molar refractivity (Wildman–Crippen MR) is 198 cm³/mol. The second-order valence-corrected chi connectivity index (χ2v) is 20.2. The monoisotopic (exact) mass is 702 g/mol. The molecule has 0 amide bonds. The average Bonchev–Trinajstić information content (AvgIpc) is 3.64. The topological polar surface area (TPSA) is 104 Å². The van der Waals surface area contributed by atoms with Gasteiger partial charge in [0.15, 0.2) is 27.3 Å². The van der Waals surface area contributed by atoms with Gasteiger partial charge in [0.2, 0.25) is 0 Å². The molecule has 0 N–H and O–H groups in total. The quantitative estimate of drug-likeness (QED) is 0.0648. The highest BCUT2D eigenvalue weighted by Crippen LogP contribution is 2.33. The number of ether oxygens (including phenoxy) is 3. The van der Waals surface area contributed by atoms with E-state index in [1.54, 1.807) is 18.3 Å². The summed E-state index contributed by atoms with van der Waals surface area (Å²) in [6, 6.07) is 20.9. The molecule has 3 aromatic heterocycles. The molecule has 5 aromatic rings. The molecule has 13 heteroatoms. The lowest BCUT2D eigenvalue weighted by Gasteiger charge is -2.16. The Balaban J connectivity index is 1.40. The fraction of sp³-hybridized carbons (Fsp3) is 0.343. The molecule has 0 bridgehead atoms. The van der Waals surface area contributed by atoms with E-state index in [0.717, 1.165) is 44.6 Å². The fourth-order valence-corrected chi connectivity index (χ4v) is 7.41. The van der Waals surface area contributed by atoms with Crippen LogP contribution in [-0.2, 0) is 16.2 Å². The Kier molecular flexibility index (Phi) is 11.6. The van der Waals surface area contributed by atoms with Crippen LogP contribution in [0.2, 0.25) is 25.7 Å². The number of aromatic nitrogens is 4. The van der Waals surface area contributed by atoms with Gasteiger partial charge in [-0.15, -0.1) is 10.2 Å². The molecule has 3 heterocycles. The number of carbonyl (C=O) groups is 1. The van der Waals surface area contributed by atoms with Crippen molar-refractivity contribution in [3.05, 3.63) is 87.2 Å². The lowest BCUT2D eigenvalue weighted by molar-refractivity contribution is 0.0520. The van der Waals surface area contributed by atoms with Crippen molar-refractivity contribution < 1.29 is 19.0 Å². The van der Waals surface area contributed by atoms with Crippen molar-refractivity contribution in [1.82, 2.24) is 19.7 Å². The molecular weight excluding hydrogens is 661 g/mol. The maximum atomic E-state index is 12.9. The summed E-state index contributed by atoms with van der Waals surface area (Å²) in [7, 11) is 0.651. The van der Waals surface area contributed by atoms with Crippen LogP contribution < -0.4 is 14.4 Å². The molecule has 0 aliphatic heterocycles. The maximum absolute atomic E-state index is 12.9. The number of para-hydroxylation sites is 2. The molecule has 48 heavy (non-hydrogen) atoms. The third-order valence-corrected chi connectivity index (χ3v) is 11.1. The average molecular weight is 703 g/mol. The predicted octanol–water partition coefficient (Wildman–Crippen LogP) is 8.23. The molecule has 10 nitrogen and oxygen atoms in total. The SMILES string of the molecule is CCOC(=O)c1nc(N(C)c2cc(C)c(/N=c3\sc4ccccc4n3COCC[Si](C)(C)C)nn2)sc1/C=C(\C)COc1ccccc1. The van der Waals surface area contributed by atoms with Crippen LogP contribution in [0.1, 0.15) is 34.8 Å². The van der Waals surface area contributed by atoms with E-state index in [9.17, 15) is 4.79 Å². The Morgan fingerprint density at radius 2 is 1.81 bits per heavy atom. The Labute approximate surface area is 290 Å². The normalized spacial score (nSPS) is 12.5. The number of rotatable bonds is 14. The zero-order valence-corrected chi connectivity index (χ0v) is 31.2. The number of anilines is 2. The summed E-state index contributed by atoms with van der Waals surface area (Å²) >= 11 is 2.97. The maximum Gasteiger partial charge on any atom is 0.358 e. The summed E-state index contributed by atoms with van der Waals surface area (Å²) in [6.45, 7) is 14.5. The van der Waals surface area contributed by atoms with E-state index in [4.69, 9.17) is 19.2 Å². The number of hydrogen-bond acceptors (Lipinski definition) is 11. The summed E-state index contributed by atoms with van der Waals surface area (Å²) in [5.41, 5.74) is 3.11. The van der Waals surface area contributed by atoms with Gasteiger partial charge in [0, 0.05) is 21.7 Å². The van der Waals surface area contributed by atoms with E-state index in [1.165, 1.54) is 11.3 Å². The number of carbonyl (C=O) groups excluding carboxylic acids is 1. The first kappa shape index (κ1) is 35.1. The van der Waals surface area contributed by atoms with Gasteiger partial charge in [-0.2, -0.15) is 4.99 Å². The first-order valence-electron chi connectivity index (χ1n) is 15.8. The van der Waals surface area contributed by atoms with E-state index in [0.29, 0.717) is 35.0 Å². The van der Waals surface area contributed by atoms with Gasteiger partial charge in [0.1, 0.15) is 19.1 Å². The summed E-state index contributed by atoms with van der Waals surface area (Å²) in [4.78, 5) is 25.8. The molecule has 0 spiro atoms. The van der Waals surface area contributed by atoms with Crippen LogP contribution in [0.4, 0.5) is 16.8 Å². The number of thiazole rings is 2. The zero-order valence-electron chi connectivity index (χ0n) is 28.5. The van der Waals surface area contributed by atoms with Gasteiger partial charge in [-0.1, -0.05) is 72.6 Å². The zero-order chi connectivity index (χ0) is 34.3. The van der Waals surface area contributed by atoms with Crippen LogP contribution in [-0.4, -0.2) is 60.7 Å². The lowest BCUT2D eigenvalue weighted by Crippen LogP contribution is -2.23. The minimum atomic E-state index is -1.20. The molecule has 0 saturated carbocycles. The van der Waals surface area contributed by atoms with Crippen molar-refractivity contribution in [2.75, 3.05) is 31.8 Å². The molecule has 0 atom stereocenters. The second-order valence-electron chi connectivity index (χ2n) is 12.5. The number of hydrogen-bond donors (Lipinski definition) is 0. The van der Waals surface area contributed by atoms with Gasteiger partial charge < -0.3 is 19.1 Å². The Morgan fingerprint density at radius 1 is 1.06 bits per heavy atom. The van der Waals surface area contributed by atoms with Crippen LogP contribution in [0, 0.1) is 6.92 Å². The van der Waals surface area contributed by atoms with Crippen LogP contribution in [0.5, 0.6) is 5.75 Å². The second kappa shape index (κ2) is 15.8. The van der Waals surface area contributed by atoms with Gasteiger partial charge in [-0.25, -0.2) is 9.78 Å². The van der Waals surface area contributed by atoms with Gasteiger partial charge in [-0.3, -0.25) is 4.57 Å². The fourth-order valence-electron chi connectivity index (χ4n) is 4.58. The van der Waals surface area contributed by atoms with Crippen molar-refractivity contribution in [2.24, 2.45) is 4.99 Å². The third-order valence-electron chi connectivity index (χ3n) is 7.28. The molecule has 2 aromatic carbocycles. The van der Waals surface area contributed by atoms with E-state index < -0.39 is 14.0 Å². The van der Waals surface area contributed by atoms with Gasteiger partial charge in [0.05, 0.1) is 21.7 Å². The van der Waals surface area contributed by atoms with Crippen molar-refractivity contribution in [3.8, 4) is 5.75 Å². The van der Waals surface area contributed by atoms with Crippen LogP contribution in [0.3, 0.4) is 0 Å². The highest BCUT2D eigenvalue weighted by molar-refractivity contribution is 7.17. The largest absolute Gasteiger partial charge is 0.489 e. The first-order chi connectivity index (χ1) is 23.0. The lowest BCUT2D eigenvalue weighted by atomic mass is 10.2. The number of benzene rings is 2. The highest BCUT2D eigenvalue weighted by atomic mass is 32.1. The Morgan fingerprint density at radius 3 is 2.54 bits per heavy atom. The van der Waals surface area contributed by atoms with Gasteiger partial charge >= 0.3 is 5.97 Å². The number of esters is 1. The summed E-state index contributed by atoms with van der Waals surface area (Å²) < 4.78 is 20.6. The van der Waals surface area contributed by atoms with Crippen LogP contribution in [0.25, 0.3) is 16.3 Å². The molecule has 0 unspecified atom stereocenters. The Hall–Kier alpha value is -4.17. The standard InChI is InChI=1S/C35H42N6O4S2Si/c1-8-44-33(42)31-29(20-24(2)22-45-26-14-10-9-11-15-26)47-34(36-31)40(4)30-21-25(3)32(39-38-30)37-35-41(23-43-18-19-48(5,6)7)27-16-12-13-17-28(27)46-35/h9-17,20-21H,8,18-19,22-23H2,1-7H3/b24-20+,37-35-. The van der Waals surface area contributed by atoms with E-state index >= 15 is 0 Å². The molecule has 5 rings (SSSR count). The number of fused-ring (bicyclic) bond motifs is 1. The van der Waals surface area contributed by atoms with E-state index in [2.05, 4.69) is 51.5 Å². The first-order valence-corrected chi connectivity index (χ1v) is 21.2. The summed E-state index contributed by atoms with van der Waals surface area (Å²) in [5.74, 6) is 1.40. The molecule has 0 radical (unpaired) electrons. The van der Waals surface area contributed by atoms with Gasteiger partial charge in [-0.05, 0) is 74.4 Å². The molecule has 252 valence electrons. The minimum Gasteiger partial charge on any atom is -0.489 e. The summed E-state index contributed by atoms with van der Waals surface area (Å²) in [5, 5.41) is 9.60. The number of aryl methyl sites for hydroxylation is 1. The van der Waals surface area contributed by atoms with Crippen molar-refractivity contribution in [2.45, 2.75) is 53.2 Å². The summed E-state index contributed by atoms with van der Waals surface area (Å²) in [6.07, 6.45) is 1.91. The smallest absolute Gasteiger partial charge is 0.358 e. The molecule has 0 aliphatic rings. The van der Waals surface area contributed by atoms with Crippen molar-refractivity contribution in [1.29, 1.82) is 0 Å². The van der Waals surface area contributed by atoms with Crippen molar-refractivity contribution in [3.63, 3.8) is 0 Å². The van der Waals surface area contributed by atoms with Crippen LogP contribution in [0.15, 0.2) is 71.2 Å². The minimum absolute atomic E-state index is 0.250. The van der Waals surface area contributed by atoms with E-state index in [-0.39, 0.29) is 12.3 Å². The highest BCUT2D eigenvalue weighted by Gasteiger charge is 2.22. The third kappa shape index (κ3) is 9.04. The number of nitrogens with zero attached hydrogens (tertiary/aromatic N) is 6. The molecule has 0 saturated heterocycles. The molecule has 0 fully saturated rings. The molecule has 0 aliphatic carbocycles. The van der Waals surface area contributed by atoms with Gasteiger partial charge in [0.25, 0.3) is 0 Å².